The minimum Gasteiger partial charge on any atom is -0.384 e. The first-order valence-corrected chi connectivity index (χ1v) is 7.02. The van der Waals surface area contributed by atoms with Crippen LogP contribution in [-0.4, -0.2) is 24.6 Å². The first kappa shape index (κ1) is 16.5. The Kier molecular flexibility index (Phi) is 4.60. The van der Waals surface area contributed by atoms with Crippen molar-refractivity contribution in [3.63, 3.8) is 0 Å². The normalized spacial score (nSPS) is 18.0. The Morgan fingerprint density at radius 3 is 2.55 bits per heavy atom. The van der Waals surface area contributed by atoms with Gasteiger partial charge in [-0.15, -0.1) is 0 Å². The number of nitrogens with one attached hydrogen (secondary N) is 2. The van der Waals surface area contributed by atoms with Crippen LogP contribution in [-0.2, 0) is 6.18 Å². The second kappa shape index (κ2) is 6.12. The number of piperidine rings is 1. The van der Waals surface area contributed by atoms with Crippen molar-refractivity contribution in [1.82, 2.24) is 5.32 Å². The standard InChI is InChI=1S/C14H18F3N3O2/c1-13(4-6-18-7-5-13)9-19-10-2-3-12(20(21)22)11(8-10)14(15,16)17/h2-3,8,18-19H,4-7,9H2,1H3. The van der Waals surface area contributed by atoms with Crippen LogP contribution in [0.15, 0.2) is 18.2 Å². The summed E-state index contributed by atoms with van der Waals surface area (Å²) in [5.74, 6) is 0. The Morgan fingerprint density at radius 1 is 1.36 bits per heavy atom. The average molecular weight is 317 g/mol. The Bertz CT molecular complexity index is 555. The van der Waals surface area contributed by atoms with Crippen molar-refractivity contribution in [2.45, 2.75) is 25.9 Å². The molecule has 22 heavy (non-hydrogen) atoms. The van der Waals surface area contributed by atoms with E-state index in [-0.39, 0.29) is 11.1 Å². The third-order valence-corrected chi connectivity index (χ3v) is 4.03. The van der Waals surface area contributed by atoms with Crippen LogP contribution in [0.3, 0.4) is 0 Å². The molecule has 122 valence electrons. The van der Waals surface area contributed by atoms with E-state index >= 15 is 0 Å². The van der Waals surface area contributed by atoms with Crippen LogP contribution in [0.2, 0.25) is 0 Å². The van der Waals surface area contributed by atoms with Crippen LogP contribution in [0.25, 0.3) is 0 Å². The predicted molar refractivity (Wildman–Crippen MR) is 76.8 cm³/mol. The number of anilines is 1. The zero-order valence-electron chi connectivity index (χ0n) is 12.2. The number of nitro groups is 1. The van der Waals surface area contributed by atoms with E-state index in [4.69, 9.17) is 0 Å². The Labute approximate surface area is 126 Å². The van der Waals surface area contributed by atoms with Crippen LogP contribution in [0.4, 0.5) is 24.5 Å². The summed E-state index contributed by atoms with van der Waals surface area (Å²) in [6.45, 7) is 4.37. The van der Waals surface area contributed by atoms with Crippen LogP contribution in [0.5, 0.6) is 0 Å². The molecule has 0 amide bonds. The maximum atomic E-state index is 12.9. The lowest BCUT2D eigenvalue weighted by atomic mass is 9.81. The number of hydrogen-bond acceptors (Lipinski definition) is 4. The summed E-state index contributed by atoms with van der Waals surface area (Å²) in [6, 6.07) is 3.02. The van der Waals surface area contributed by atoms with Crippen molar-refractivity contribution in [1.29, 1.82) is 0 Å². The zero-order chi connectivity index (χ0) is 16.4. The number of benzene rings is 1. The quantitative estimate of drug-likeness (QED) is 0.659. The van der Waals surface area contributed by atoms with E-state index in [0.717, 1.165) is 38.1 Å². The largest absolute Gasteiger partial charge is 0.423 e. The lowest BCUT2D eigenvalue weighted by molar-refractivity contribution is -0.388. The van der Waals surface area contributed by atoms with Gasteiger partial charge in [0.15, 0.2) is 0 Å². The van der Waals surface area contributed by atoms with E-state index < -0.39 is 22.4 Å². The topological polar surface area (TPSA) is 67.2 Å². The monoisotopic (exact) mass is 317 g/mol. The molecule has 1 aliphatic heterocycles. The molecule has 1 aromatic rings. The minimum absolute atomic E-state index is 0.00538. The fourth-order valence-corrected chi connectivity index (χ4v) is 2.55. The maximum Gasteiger partial charge on any atom is 0.423 e. The van der Waals surface area contributed by atoms with E-state index in [2.05, 4.69) is 17.6 Å². The molecule has 0 spiro atoms. The lowest BCUT2D eigenvalue weighted by Gasteiger charge is -2.34. The van der Waals surface area contributed by atoms with Crippen molar-refractivity contribution in [2.24, 2.45) is 5.41 Å². The highest BCUT2D eigenvalue weighted by Gasteiger charge is 2.38. The first-order chi connectivity index (χ1) is 10.2. The molecule has 1 heterocycles. The molecule has 1 fully saturated rings. The van der Waals surface area contributed by atoms with Gasteiger partial charge in [0, 0.05) is 18.3 Å². The summed E-state index contributed by atoms with van der Waals surface area (Å²) >= 11 is 0. The van der Waals surface area contributed by atoms with Gasteiger partial charge in [0.25, 0.3) is 5.69 Å². The van der Waals surface area contributed by atoms with Gasteiger partial charge in [0.2, 0.25) is 0 Å². The van der Waals surface area contributed by atoms with Gasteiger partial charge in [0.05, 0.1) is 4.92 Å². The van der Waals surface area contributed by atoms with Crippen LogP contribution in [0.1, 0.15) is 25.3 Å². The van der Waals surface area contributed by atoms with Gasteiger partial charge in [-0.3, -0.25) is 10.1 Å². The lowest BCUT2D eigenvalue weighted by Crippen LogP contribution is -2.39. The second-order valence-corrected chi connectivity index (χ2v) is 5.90. The van der Waals surface area contributed by atoms with Gasteiger partial charge in [-0.25, -0.2) is 0 Å². The van der Waals surface area contributed by atoms with Crippen molar-refractivity contribution < 1.29 is 18.1 Å². The molecule has 2 N–H and O–H groups in total. The van der Waals surface area contributed by atoms with E-state index in [9.17, 15) is 23.3 Å². The highest BCUT2D eigenvalue weighted by Crippen LogP contribution is 2.38. The van der Waals surface area contributed by atoms with Gasteiger partial charge >= 0.3 is 6.18 Å². The SMILES string of the molecule is CC1(CNc2ccc([N+](=O)[O-])c(C(F)(F)F)c2)CCNCC1. The predicted octanol–water partition coefficient (Wildman–Crippen LogP) is 3.42. The molecule has 0 aromatic heterocycles. The van der Waals surface area contributed by atoms with Crippen molar-refractivity contribution >= 4 is 11.4 Å². The van der Waals surface area contributed by atoms with Crippen LogP contribution in [0, 0.1) is 15.5 Å². The fourth-order valence-electron chi connectivity index (χ4n) is 2.55. The first-order valence-electron chi connectivity index (χ1n) is 7.02. The maximum absolute atomic E-state index is 12.9. The van der Waals surface area contributed by atoms with E-state index in [1.54, 1.807) is 0 Å². The van der Waals surface area contributed by atoms with Gasteiger partial charge in [-0.1, -0.05) is 6.92 Å². The molecular weight excluding hydrogens is 299 g/mol. The van der Waals surface area contributed by atoms with Gasteiger partial charge < -0.3 is 10.6 Å². The molecule has 1 aliphatic rings. The molecule has 0 saturated carbocycles. The number of nitro benzene ring substituents is 1. The number of rotatable bonds is 4. The molecule has 0 bridgehead atoms. The third kappa shape index (κ3) is 3.88. The number of halogens is 3. The van der Waals surface area contributed by atoms with E-state index in [1.165, 1.54) is 6.07 Å². The summed E-state index contributed by atoms with van der Waals surface area (Å²) in [4.78, 5) is 9.70. The summed E-state index contributed by atoms with van der Waals surface area (Å²) < 4.78 is 38.8. The Balaban J connectivity index is 2.17. The van der Waals surface area contributed by atoms with E-state index in [0.29, 0.717) is 6.54 Å². The van der Waals surface area contributed by atoms with Gasteiger partial charge in [0.1, 0.15) is 5.56 Å². The minimum atomic E-state index is -4.75. The molecule has 0 radical (unpaired) electrons. The molecule has 0 unspecified atom stereocenters. The molecular formula is C14H18F3N3O2. The smallest absolute Gasteiger partial charge is 0.384 e. The van der Waals surface area contributed by atoms with E-state index in [1.807, 2.05) is 0 Å². The summed E-state index contributed by atoms with van der Waals surface area (Å²) in [5.41, 5.74) is -1.90. The Hall–Kier alpha value is -1.83. The molecule has 0 atom stereocenters. The molecule has 8 heteroatoms. The van der Waals surface area contributed by atoms with Crippen molar-refractivity contribution in [3.05, 3.63) is 33.9 Å². The molecule has 5 nitrogen and oxygen atoms in total. The molecule has 2 rings (SSSR count). The summed E-state index contributed by atoms with van der Waals surface area (Å²) in [7, 11) is 0. The molecule has 1 saturated heterocycles. The highest BCUT2D eigenvalue weighted by molar-refractivity contribution is 5.55. The van der Waals surface area contributed by atoms with Gasteiger partial charge in [-0.2, -0.15) is 13.2 Å². The zero-order valence-corrected chi connectivity index (χ0v) is 12.2. The fraction of sp³-hybridized carbons (Fsp3) is 0.571. The van der Waals surface area contributed by atoms with Crippen LogP contribution >= 0.6 is 0 Å². The van der Waals surface area contributed by atoms with Gasteiger partial charge in [-0.05, 0) is 43.5 Å². The number of nitrogens with zero attached hydrogens (tertiary/aromatic N) is 1. The molecule has 1 aromatic carbocycles. The average Bonchev–Trinajstić information content (AvgIpc) is 2.45. The highest BCUT2D eigenvalue weighted by atomic mass is 19.4. The summed E-state index contributed by atoms with van der Waals surface area (Å²) in [5, 5.41) is 16.9. The number of alkyl halides is 3. The molecule has 0 aliphatic carbocycles. The number of hydrogen-bond donors (Lipinski definition) is 2. The van der Waals surface area contributed by atoms with Crippen molar-refractivity contribution in [3.8, 4) is 0 Å². The summed E-state index contributed by atoms with van der Waals surface area (Å²) in [6.07, 6.45) is -2.89. The van der Waals surface area contributed by atoms with Crippen LogP contribution < -0.4 is 10.6 Å². The van der Waals surface area contributed by atoms with Crippen molar-refractivity contribution in [2.75, 3.05) is 25.0 Å². The second-order valence-electron chi connectivity index (χ2n) is 5.90. The third-order valence-electron chi connectivity index (χ3n) is 4.03. The Morgan fingerprint density at radius 2 is 2.00 bits per heavy atom.